The van der Waals surface area contributed by atoms with Crippen molar-refractivity contribution in [2.45, 2.75) is 0 Å². The number of carboxylic acid groups (broad SMARTS) is 1. The molecule has 6 heteroatoms. The van der Waals surface area contributed by atoms with Crippen molar-refractivity contribution in [3.8, 4) is 23.3 Å². The maximum Gasteiger partial charge on any atom is 0.335 e. The third-order valence-corrected chi connectivity index (χ3v) is 2.51. The molecule has 1 N–H and O–H groups in total. The van der Waals surface area contributed by atoms with Crippen molar-refractivity contribution in [3.63, 3.8) is 0 Å². The third-order valence-electron chi connectivity index (χ3n) is 2.51. The summed E-state index contributed by atoms with van der Waals surface area (Å²) in [4.78, 5) is 14.8. The summed E-state index contributed by atoms with van der Waals surface area (Å²) in [7, 11) is 1.44. The van der Waals surface area contributed by atoms with Crippen molar-refractivity contribution in [2.24, 2.45) is 0 Å². The van der Waals surface area contributed by atoms with E-state index < -0.39 is 5.97 Å². The third kappa shape index (κ3) is 2.67. The van der Waals surface area contributed by atoms with Gasteiger partial charge in [-0.15, -0.1) is 0 Å². The highest BCUT2D eigenvalue weighted by Crippen LogP contribution is 2.33. The molecule has 2 rings (SSSR count). The molecule has 0 amide bonds. The minimum absolute atomic E-state index is 0.0585. The largest absolute Gasteiger partial charge is 0.493 e. The monoisotopic (exact) mass is 270 g/mol. The lowest BCUT2D eigenvalue weighted by atomic mass is 10.2. The van der Waals surface area contributed by atoms with Crippen LogP contribution in [0.5, 0.6) is 17.2 Å². The molecule has 1 aromatic carbocycles. The molecule has 1 heterocycles. The topological polar surface area (TPSA) is 92.4 Å². The van der Waals surface area contributed by atoms with E-state index in [0.717, 1.165) is 0 Å². The molecule has 2 aromatic rings. The number of benzene rings is 1. The standard InChI is InChI=1S/C14H10N2O4/c1-19-12-5-4-9(14(17)18)7-13(12)20-11-3-2-6-16-10(11)8-15/h2-7H,1H3,(H,17,18). The quantitative estimate of drug-likeness (QED) is 0.917. The summed E-state index contributed by atoms with van der Waals surface area (Å²) in [6.07, 6.45) is 1.47. The molecule has 0 fully saturated rings. The van der Waals surface area contributed by atoms with E-state index in [2.05, 4.69) is 4.98 Å². The van der Waals surface area contributed by atoms with Crippen LogP contribution in [0.15, 0.2) is 36.5 Å². The van der Waals surface area contributed by atoms with Gasteiger partial charge in [0.1, 0.15) is 6.07 Å². The zero-order chi connectivity index (χ0) is 14.5. The molecule has 1 aromatic heterocycles. The van der Waals surface area contributed by atoms with Crippen molar-refractivity contribution in [3.05, 3.63) is 47.8 Å². The van der Waals surface area contributed by atoms with Crippen LogP contribution in [0.1, 0.15) is 16.1 Å². The van der Waals surface area contributed by atoms with E-state index >= 15 is 0 Å². The molecule has 6 nitrogen and oxygen atoms in total. The first-order chi connectivity index (χ1) is 9.65. The Morgan fingerprint density at radius 3 is 2.75 bits per heavy atom. The molecule has 0 spiro atoms. The number of rotatable bonds is 4. The highest BCUT2D eigenvalue weighted by atomic mass is 16.5. The molecule has 100 valence electrons. The van der Waals surface area contributed by atoms with Gasteiger partial charge < -0.3 is 14.6 Å². The molecular formula is C14H10N2O4. The van der Waals surface area contributed by atoms with Crippen LogP contribution in [0.2, 0.25) is 0 Å². The lowest BCUT2D eigenvalue weighted by Gasteiger charge is -2.11. The summed E-state index contributed by atoms with van der Waals surface area (Å²) in [6.45, 7) is 0. The van der Waals surface area contributed by atoms with Crippen molar-refractivity contribution in [2.75, 3.05) is 7.11 Å². The smallest absolute Gasteiger partial charge is 0.335 e. The number of pyridine rings is 1. The Hall–Kier alpha value is -3.07. The highest BCUT2D eigenvalue weighted by molar-refractivity contribution is 5.88. The number of aromatic nitrogens is 1. The van der Waals surface area contributed by atoms with Gasteiger partial charge in [-0.05, 0) is 30.3 Å². The van der Waals surface area contributed by atoms with Gasteiger partial charge in [0.25, 0.3) is 0 Å². The predicted molar refractivity (Wildman–Crippen MR) is 69.0 cm³/mol. The van der Waals surface area contributed by atoms with Crippen molar-refractivity contribution >= 4 is 5.97 Å². The Balaban J connectivity index is 2.44. The van der Waals surface area contributed by atoms with E-state index in [0.29, 0.717) is 5.75 Å². The average Bonchev–Trinajstić information content (AvgIpc) is 2.47. The molecule has 0 bridgehead atoms. The Bertz CT molecular complexity index is 692. The Kier molecular flexibility index (Phi) is 3.82. The number of aromatic carboxylic acids is 1. The summed E-state index contributed by atoms with van der Waals surface area (Å²) in [5, 5.41) is 17.9. The zero-order valence-electron chi connectivity index (χ0n) is 10.5. The van der Waals surface area contributed by atoms with Gasteiger partial charge in [0.15, 0.2) is 22.9 Å². The van der Waals surface area contributed by atoms with Gasteiger partial charge in [0.05, 0.1) is 12.7 Å². The van der Waals surface area contributed by atoms with Crippen LogP contribution in [0, 0.1) is 11.3 Å². The van der Waals surface area contributed by atoms with Crippen LogP contribution in [-0.2, 0) is 0 Å². The van der Waals surface area contributed by atoms with E-state index in [1.165, 1.54) is 31.5 Å². The van der Waals surface area contributed by atoms with Crippen LogP contribution in [0.4, 0.5) is 0 Å². The fraction of sp³-hybridized carbons (Fsp3) is 0.0714. The summed E-state index contributed by atoms with van der Waals surface area (Å²) < 4.78 is 10.6. The minimum Gasteiger partial charge on any atom is -0.493 e. The Labute approximate surface area is 114 Å². The fourth-order valence-electron chi connectivity index (χ4n) is 1.56. The van der Waals surface area contributed by atoms with Gasteiger partial charge in [0.2, 0.25) is 0 Å². The van der Waals surface area contributed by atoms with Crippen molar-refractivity contribution < 1.29 is 19.4 Å². The predicted octanol–water partition coefficient (Wildman–Crippen LogP) is 2.45. The number of carboxylic acids is 1. The molecule has 0 saturated carbocycles. The highest BCUT2D eigenvalue weighted by Gasteiger charge is 2.13. The molecular weight excluding hydrogens is 260 g/mol. The number of nitrogens with zero attached hydrogens (tertiary/aromatic N) is 2. The van der Waals surface area contributed by atoms with Gasteiger partial charge in [-0.3, -0.25) is 0 Å². The van der Waals surface area contributed by atoms with Gasteiger partial charge >= 0.3 is 5.97 Å². The van der Waals surface area contributed by atoms with E-state index in [1.807, 2.05) is 6.07 Å². The number of methoxy groups -OCH3 is 1. The van der Waals surface area contributed by atoms with Crippen LogP contribution in [-0.4, -0.2) is 23.2 Å². The lowest BCUT2D eigenvalue weighted by molar-refractivity contribution is 0.0696. The molecule has 0 atom stereocenters. The maximum atomic E-state index is 11.0. The van der Waals surface area contributed by atoms with Crippen LogP contribution < -0.4 is 9.47 Å². The van der Waals surface area contributed by atoms with Crippen molar-refractivity contribution in [1.82, 2.24) is 4.98 Å². The molecule has 20 heavy (non-hydrogen) atoms. The van der Waals surface area contributed by atoms with Gasteiger partial charge in [0, 0.05) is 6.20 Å². The summed E-state index contributed by atoms with van der Waals surface area (Å²) in [6, 6.07) is 9.30. The first-order valence-corrected chi connectivity index (χ1v) is 5.60. The summed E-state index contributed by atoms with van der Waals surface area (Å²) >= 11 is 0. The van der Waals surface area contributed by atoms with Gasteiger partial charge in [-0.1, -0.05) is 0 Å². The molecule has 0 aliphatic heterocycles. The second kappa shape index (κ2) is 5.71. The van der Waals surface area contributed by atoms with E-state index in [4.69, 9.17) is 19.8 Å². The zero-order valence-corrected chi connectivity index (χ0v) is 10.5. The summed E-state index contributed by atoms with van der Waals surface area (Å²) in [5.74, 6) is -0.278. The second-order valence-corrected chi connectivity index (χ2v) is 3.73. The average molecular weight is 270 g/mol. The van der Waals surface area contributed by atoms with Crippen LogP contribution in [0.3, 0.4) is 0 Å². The fourth-order valence-corrected chi connectivity index (χ4v) is 1.56. The number of ether oxygens (including phenoxy) is 2. The molecule has 0 saturated heterocycles. The number of hydrogen-bond donors (Lipinski definition) is 1. The van der Waals surface area contributed by atoms with Gasteiger partial charge in [-0.25, -0.2) is 9.78 Å². The number of hydrogen-bond acceptors (Lipinski definition) is 5. The van der Waals surface area contributed by atoms with Crippen LogP contribution >= 0.6 is 0 Å². The number of carbonyl (C=O) groups is 1. The van der Waals surface area contributed by atoms with E-state index in [-0.39, 0.29) is 22.8 Å². The molecule has 0 unspecified atom stereocenters. The van der Waals surface area contributed by atoms with E-state index in [9.17, 15) is 4.79 Å². The summed E-state index contributed by atoms with van der Waals surface area (Å²) in [5.41, 5.74) is 0.165. The van der Waals surface area contributed by atoms with E-state index in [1.54, 1.807) is 12.1 Å². The minimum atomic E-state index is -1.08. The molecule has 0 radical (unpaired) electrons. The molecule has 0 aliphatic rings. The Morgan fingerprint density at radius 2 is 2.10 bits per heavy atom. The van der Waals surface area contributed by atoms with Crippen LogP contribution in [0.25, 0.3) is 0 Å². The van der Waals surface area contributed by atoms with Gasteiger partial charge in [-0.2, -0.15) is 5.26 Å². The Morgan fingerprint density at radius 1 is 1.30 bits per heavy atom. The number of nitriles is 1. The normalized spacial score (nSPS) is 9.60. The first-order valence-electron chi connectivity index (χ1n) is 5.60. The lowest BCUT2D eigenvalue weighted by Crippen LogP contribution is -1.99. The maximum absolute atomic E-state index is 11.0. The molecule has 0 aliphatic carbocycles. The second-order valence-electron chi connectivity index (χ2n) is 3.73. The SMILES string of the molecule is COc1ccc(C(=O)O)cc1Oc1cccnc1C#N. The van der Waals surface area contributed by atoms with Crippen molar-refractivity contribution in [1.29, 1.82) is 5.26 Å². The first kappa shape index (κ1) is 13.4.